The average molecular weight is 735 g/mol. The molecule has 2 aromatic heterocycles. The van der Waals surface area contributed by atoms with Crippen molar-refractivity contribution in [2.24, 2.45) is 0 Å². The van der Waals surface area contributed by atoms with Crippen LogP contribution in [0.25, 0.3) is 67.1 Å². The van der Waals surface area contributed by atoms with Gasteiger partial charge in [0.2, 0.25) is 0 Å². The molecule has 0 atom stereocenters. The van der Waals surface area contributed by atoms with Crippen LogP contribution in [-0.2, 0) is 23.2 Å². The van der Waals surface area contributed by atoms with E-state index in [4.69, 9.17) is 19.9 Å². The molecule has 0 saturated heterocycles. The molecule has 0 unspecified atom stereocenters. The van der Waals surface area contributed by atoms with Crippen molar-refractivity contribution in [3.63, 3.8) is 0 Å². The number of benzene rings is 5. The van der Waals surface area contributed by atoms with Gasteiger partial charge >= 0.3 is 12.4 Å². The Morgan fingerprint density at radius 3 is 0.981 bits per heavy atom. The first-order valence-electron chi connectivity index (χ1n) is 17.4. The van der Waals surface area contributed by atoms with E-state index in [0.29, 0.717) is 45.0 Å². The van der Waals surface area contributed by atoms with E-state index in [-0.39, 0.29) is 32.9 Å². The summed E-state index contributed by atoms with van der Waals surface area (Å²) in [5.74, 6) is 0. The van der Waals surface area contributed by atoms with Gasteiger partial charge in [-0.15, -0.1) is 0 Å². The van der Waals surface area contributed by atoms with Gasteiger partial charge in [0.15, 0.2) is 0 Å². The SMILES string of the molecule is CC(C)(C)c1ccc(-c2nc3cc(C(F)(F)F)ccc3nc2-c2cccc(-c3nc4ccc(C(F)(F)F)cc4nc3-c3ccc(C(C)(C)C)cc3)c2)cc1. The van der Waals surface area contributed by atoms with Gasteiger partial charge in [0, 0.05) is 22.3 Å². The fourth-order valence-electron chi connectivity index (χ4n) is 6.34. The molecule has 0 fully saturated rings. The third kappa shape index (κ3) is 7.29. The molecule has 4 nitrogen and oxygen atoms in total. The van der Waals surface area contributed by atoms with Crippen molar-refractivity contribution < 1.29 is 26.3 Å². The van der Waals surface area contributed by atoms with Crippen molar-refractivity contribution in [1.29, 1.82) is 0 Å². The summed E-state index contributed by atoms with van der Waals surface area (Å²) in [5, 5.41) is 0. The van der Waals surface area contributed by atoms with Crippen LogP contribution in [0.15, 0.2) is 109 Å². The first-order chi connectivity index (χ1) is 25.3. The summed E-state index contributed by atoms with van der Waals surface area (Å²) in [5.41, 5.74) is 5.20. The number of nitrogens with zero attached hydrogens (tertiary/aromatic N) is 4. The van der Waals surface area contributed by atoms with E-state index in [1.807, 2.05) is 66.7 Å². The molecular formula is C44H36F6N4. The summed E-state index contributed by atoms with van der Waals surface area (Å²) >= 11 is 0. The molecule has 0 amide bonds. The standard InChI is InChI=1S/C44H36F6N4/c1-41(2,3)29-14-10-25(11-15-29)37-39(51-33-20-18-31(43(45,46)47)23-35(33)53-37)27-8-7-9-28(22-27)40-38(26-12-16-30(17-13-26)42(4,5)6)54-36-24-32(44(48,49)50)19-21-34(36)52-40/h7-24H,1-6H3. The molecule has 54 heavy (non-hydrogen) atoms. The number of hydrogen-bond acceptors (Lipinski definition) is 4. The third-order valence-corrected chi connectivity index (χ3v) is 9.44. The van der Waals surface area contributed by atoms with Crippen LogP contribution in [0.1, 0.15) is 63.8 Å². The van der Waals surface area contributed by atoms with Crippen molar-refractivity contribution >= 4 is 22.1 Å². The highest BCUT2D eigenvalue weighted by molar-refractivity contribution is 5.90. The second-order valence-corrected chi connectivity index (χ2v) is 15.5. The molecule has 7 rings (SSSR count). The Hall–Kier alpha value is -5.64. The van der Waals surface area contributed by atoms with Crippen molar-refractivity contribution in [2.75, 3.05) is 0 Å². The van der Waals surface area contributed by atoms with E-state index in [2.05, 4.69) is 41.5 Å². The maximum Gasteiger partial charge on any atom is 0.416 e. The van der Waals surface area contributed by atoms with Gasteiger partial charge in [0.25, 0.3) is 0 Å². The molecule has 0 aliphatic heterocycles. The first-order valence-corrected chi connectivity index (χ1v) is 17.4. The number of alkyl halides is 6. The molecule has 0 N–H and O–H groups in total. The zero-order valence-electron chi connectivity index (χ0n) is 30.4. The van der Waals surface area contributed by atoms with Gasteiger partial charge in [-0.3, -0.25) is 0 Å². The molecule has 274 valence electrons. The Morgan fingerprint density at radius 2 is 0.648 bits per heavy atom. The maximum absolute atomic E-state index is 13.7. The van der Waals surface area contributed by atoms with Crippen LogP contribution in [0.4, 0.5) is 26.3 Å². The maximum atomic E-state index is 13.7. The van der Waals surface area contributed by atoms with Crippen molar-refractivity contribution in [3.8, 4) is 45.0 Å². The summed E-state index contributed by atoms with van der Waals surface area (Å²) in [7, 11) is 0. The molecule has 0 radical (unpaired) electrons. The minimum absolute atomic E-state index is 0.0965. The quantitative estimate of drug-likeness (QED) is 0.169. The van der Waals surface area contributed by atoms with Gasteiger partial charge in [-0.25, -0.2) is 19.9 Å². The van der Waals surface area contributed by atoms with Crippen molar-refractivity contribution in [1.82, 2.24) is 19.9 Å². The molecule has 2 heterocycles. The summed E-state index contributed by atoms with van der Waals surface area (Å²) in [4.78, 5) is 19.3. The minimum Gasteiger partial charge on any atom is -0.244 e. The predicted octanol–water partition coefficient (Wildman–Crippen LogP) is 12.9. The van der Waals surface area contributed by atoms with Crippen LogP contribution >= 0.6 is 0 Å². The molecule has 0 aliphatic carbocycles. The van der Waals surface area contributed by atoms with E-state index >= 15 is 0 Å². The first kappa shape index (κ1) is 36.7. The van der Waals surface area contributed by atoms with E-state index < -0.39 is 23.5 Å². The highest BCUT2D eigenvalue weighted by atomic mass is 19.4. The average Bonchev–Trinajstić information content (AvgIpc) is 3.12. The highest BCUT2D eigenvalue weighted by Crippen LogP contribution is 2.39. The normalized spacial score (nSPS) is 12.8. The third-order valence-electron chi connectivity index (χ3n) is 9.44. The fraction of sp³-hybridized carbons (Fsp3) is 0.227. The zero-order valence-corrected chi connectivity index (χ0v) is 30.4. The smallest absolute Gasteiger partial charge is 0.244 e. The molecule has 0 saturated carbocycles. The topological polar surface area (TPSA) is 51.6 Å². The van der Waals surface area contributed by atoms with Crippen LogP contribution in [-0.4, -0.2) is 19.9 Å². The predicted molar refractivity (Wildman–Crippen MR) is 202 cm³/mol. The molecule has 10 heteroatoms. The lowest BCUT2D eigenvalue weighted by Crippen LogP contribution is -2.10. The van der Waals surface area contributed by atoms with Gasteiger partial charge in [-0.05, 0) is 64.4 Å². The summed E-state index contributed by atoms with van der Waals surface area (Å²) < 4.78 is 82.4. The number of hydrogen-bond donors (Lipinski definition) is 0. The molecular weight excluding hydrogens is 698 g/mol. The fourth-order valence-corrected chi connectivity index (χ4v) is 6.34. The van der Waals surface area contributed by atoms with Gasteiger partial charge in [0.1, 0.15) is 0 Å². The molecule has 0 bridgehead atoms. The molecule has 5 aromatic carbocycles. The molecule has 0 spiro atoms. The van der Waals surface area contributed by atoms with Crippen molar-refractivity contribution in [2.45, 2.75) is 64.7 Å². The van der Waals surface area contributed by atoms with E-state index in [9.17, 15) is 26.3 Å². The summed E-state index contributed by atoms with van der Waals surface area (Å²) in [6.45, 7) is 12.5. The van der Waals surface area contributed by atoms with E-state index in [1.54, 1.807) is 6.07 Å². The van der Waals surface area contributed by atoms with Crippen molar-refractivity contribution in [3.05, 3.63) is 131 Å². The molecule has 7 aromatic rings. The Labute approximate surface area is 309 Å². The number of rotatable bonds is 4. The Kier molecular flexibility index (Phi) is 8.86. The monoisotopic (exact) mass is 734 g/mol. The lowest BCUT2D eigenvalue weighted by molar-refractivity contribution is -0.138. The summed E-state index contributed by atoms with van der Waals surface area (Å²) in [6.07, 6.45) is -9.12. The minimum atomic E-state index is -4.56. The van der Waals surface area contributed by atoms with Gasteiger partial charge in [-0.1, -0.05) is 108 Å². The van der Waals surface area contributed by atoms with Gasteiger partial charge < -0.3 is 0 Å². The Balaban J connectivity index is 1.44. The number of halogens is 6. The lowest BCUT2D eigenvalue weighted by Gasteiger charge is -2.20. The highest BCUT2D eigenvalue weighted by Gasteiger charge is 2.32. The lowest BCUT2D eigenvalue weighted by atomic mass is 9.86. The largest absolute Gasteiger partial charge is 0.416 e. The second-order valence-electron chi connectivity index (χ2n) is 15.5. The van der Waals surface area contributed by atoms with Crippen LogP contribution < -0.4 is 0 Å². The van der Waals surface area contributed by atoms with Gasteiger partial charge in [0.05, 0.1) is 56.0 Å². The Bertz CT molecular complexity index is 2350. The van der Waals surface area contributed by atoms with Crippen LogP contribution in [0.5, 0.6) is 0 Å². The molecule has 0 aliphatic rings. The van der Waals surface area contributed by atoms with E-state index in [0.717, 1.165) is 35.4 Å². The van der Waals surface area contributed by atoms with Gasteiger partial charge in [-0.2, -0.15) is 26.3 Å². The summed E-state index contributed by atoms with van der Waals surface area (Å²) in [6, 6.07) is 29.4. The van der Waals surface area contributed by atoms with Crippen LogP contribution in [0.2, 0.25) is 0 Å². The number of aromatic nitrogens is 4. The van der Waals surface area contributed by atoms with E-state index in [1.165, 1.54) is 12.1 Å². The second kappa shape index (κ2) is 13.0. The Morgan fingerprint density at radius 1 is 0.333 bits per heavy atom. The van der Waals surface area contributed by atoms with Crippen LogP contribution in [0.3, 0.4) is 0 Å². The van der Waals surface area contributed by atoms with Crippen LogP contribution in [0, 0.1) is 0 Å². The zero-order chi connectivity index (χ0) is 38.8. The number of fused-ring (bicyclic) bond motifs is 2.